The van der Waals surface area contributed by atoms with Crippen LogP contribution in [0.5, 0.6) is 0 Å². The van der Waals surface area contributed by atoms with Gasteiger partial charge in [0.15, 0.2) is 0 Å². The highest BCUT2D eigenvalue weighted by molar-refractivity contribution is 7.99. The van der Waals surface area contributed by atoms with Crippen LogP contribution in [-0.2, 0) is 9.53 Å². The Morgan fingerprint density at radius 3 is 2.94 bits per heavy atom. The fourth-order valence-electron chi connectivity index (χ4n) is 2.26. The lowest BCUT2D eigenvalue weighted by molar-refractivity contribution is -0.122. The van der Waals surface area contributed by atoms with E-state index in [0.29, 0.717) is 18.9 Å². The molecule has 2 saturated heterocycles. The van der Waals surface area contributed by atoms with Crippen molar-refractivity contribution in [3.8, 4) is 0 Å². The predicted molar refractivity (Wildman–Crippen MR) is 70.3 cm³/mol. The fraction of sp³-hybridized carbons (Fsp3) is 0.917. The van der Waals surface area contributed by atoms with Crippen LogP contribution in [0.25, 0.3) is 0 Å². The third-order valence-electron chi connectivity index (χ3n) is 3.35. The molecule has 4 nitrogen and oxygen atoms in total. The van der Waals surface area contributed by atoms with E-state index in [1.807, 2.05) is 11.8 Å². The van der Waals surface area contributed by atoms with E-state index in [1.165, 1.54) is 24.3 Å². The quantitative estimate of drug-likeness (QED) is 0.776. The van der Waals surface area contributed by atoms with Crippen molar-refractivity contribution in [2.24, 2.45) is 5.92 Å². The molecule has 0 aromatic heterocycles. The van der Waals surface area contributed by atoms with Gasteiger partial charge in [-0.2, -0.15) is 11.8 Å². The lowest BCUT2D eigenvalue weighted by atomic mass is 9.98. The van der Waals surface area contributed by atoms with Crippen molar-refractivity contribution in [3.05, 3.63) is 0 Å². The molecule has 17 heavy (non-hydrogen) atoms. The highest BCUT2D eigenvalue weighted by atomic mass is 32.2. The number of morpholine rings is 1. The van der Waals surface area contributed by atoms with Crippen LogP contribution in [0.4, 0.5) is 0 Å². The van der Waals surface area contributed by atoms with Gasteiger partial charge in [-0.15, -0.1) is 0 Å². The minimum Gasteiger partial charge on any atom is -0.374 e. The number of hydrogen-bond donors (Lipinski definition) is 2. The van der Waals surface area contributed by atoms with E-state index in [9.17, 15) is 4.79 Å². The second-order valence-corrected chi connectivity index (χ2v) is 5.99. The second-order valence-electron chi connectivity index (χ2n) is 4.76. The fourth-order valence-corrected chi connectivity index (χ4v) is 3.47. The van der Waals surface area contributed by atoms with Gasteiger partial charge in [0.05, 0.1) is 12.7 Å². The van der Waals surface area contributed by atoms with Crippen molar-refractivity contribution >= 4 is 17.7 Å². The van der Waals surface area contributed by atoms with Crippen molar-refractivity contribution in [2.75, 3.05) is 37.7 Å². The van der Waals surface area contributed by atoms with Gasteiger partial charge in [0, 0.05) is 26.1 Å². The van der Waals surface area contributed by atoms with E-state index in [0.717, 1.165) is 19.7 Å². The van der Waals surface area contributed by atoms with Gasteiger partial charge in [0.1, 0.15) is 0 Å². The number of thioether (sulfide) groups is 1. The summed E-state index contributed by atoms with van der Waals surface area (Å²) in [6, 6.07) is 0. The van der Waals surface area contributed by atoms with Crippen molar-refractivity contribution in [1.29, 1.82) is 0 Å². The Kier molecular flexibility index (Phi) is 5.61. The molecule has 0 saturated carbocycles. The lowest BCUT2D eigenvalue weighted by Crippen LogP contribution is -2.45. The molecule has 2 rings (SSSR count). The third-order valence-corrected chi connectivity index (χ3v) is 4.40. The molecule has 2 fully saturated rings. The van der Waals surface area contributed by atoms with Crippen LogP contribution in [-0.4, -0.2) is 49.8 Å². The van der Waals surface area contributed by atoms with Crippen LogP contribution >= 0.6 is 11.8 Å². The summed E-state index contributed by atoms with van der Waals surface area (Å²) in [6.07, 6.45) is 3.23. The van der Waals surface area contributed by atoms with Crippen LogP contribution in [0.2, 0.25) is 0 Å². The molecule has 2 aliphatic heterocycles. The Balaban J connectivity index is 1.59. The third kappa shape index (κ3) is 4.85. The summed E-state index contributed by atoms with van der Waals surface area (Å²) in [5.74, 6) is 3.22. The molecule has 2 aliphatic rings. The molecule has 0 aromatic carbocycles. The molecule has 1 atom stereocenters. The van der Waals surface area contributed by atoms with Crippen LogP contribution < -0.4 is 10.6 Å². The first-order valence-electron chi connectivity index (χ1n) is 6.51. The molecule has 1 amide bonds. The summed E-state index contributed by atoms with van der Waals surface area (Å²) < 4.78 is 5.54. The van der Waals surface area contributed by atoms with Gasteiger partial charge >= 0.3 is 0 Å². The first-order valence-corrected chi connectivity index (χ1v) is 7.67. The number of nitrogens with one attached hydrogen (secondary N) is 2. The molecule has 98 valence electrons. The van der Waals surface area contributed by atoms with Crippen LogP contribution in [0.3, 0.4) is 0 Å². The molecule has 0 aromatic rings. The maximum atomic E-state index is 11.8. The van der Waals surface area contributed by atoms with Gasteiger partial charge in [-0.1, -0.05) is 0 Å². The Bertz CT molecular complexity index is 239. The van der Waals surface area contributed by atoms with Crippen LogP contribution in [0, 0.1) is 5.92 Å². The Hall–Kier alpha value is -0.260. The van der Waals surface area contributed by atoms with E-state index in [2.05, 4.69) is 10.6 Å². The summed E-state index contributed by atoms with van der Waals surface area (Å²) in [5.41, 5.74) is 0. The van der Waals surface area contributed by atoms with Gasteiger partial charge in [-0.3, -0.25) is 4.79 Å². The minimum absolute atomic E-state index is 0.148. The van der Waals surface area contributed by atoms with Crippen molar-refractivity contribution in [3.63, 3.8) is 0 Å². The first-order chi connectivity index (χ1) is 8.34. The number of rotatable bonds is 4. The summed E-state index contributed by atoms with van der Waals surface area (Å²) in [5, 5.41) is 6.25. The zero-order chi connectivity index (χ0) is 11.9. The summed E-state index contributed by atoms with van der Waals surface area (Å²) in [4.78, 5) is 11.8. The molecule has 2 N–H and O–H groups in total. The van der Waals surface area contributed by atoms with Gasteiger partial charge in [0.25, 0.3) is 0 Å². The van der Waals surface area contributed by atoms with Gasteiger partial charge in [-0.05, 0) is 30.3 Å². The zero-order valence-corrected chi connectivity index (χ0v) is 11.1. The zero-order valence-electron chi connectivity index (χ0n) is 10.2. The van der Waals surface area contributed by atoms with Crippen LogP contribution in [0.15, 0.2) is 0 Å². The molecular weight excluding hydrogens is 236 g/mol. The number of ether oxygens (including phenoxy) is 1. The van der Waals surface area contributed by atoms with E-state index >= 15 is 0 Å². The molecule has 0 bridgehead atoms. The SMILES string of the molecule is O=C(CC1CCSCC1)NCC1CNCCO1. The highest BCUT2D eigenvalue weighted by Gasteiger charge is 2.18. The molecule has 2 heterocycles. The number of amides is 1. The lowest BCUT2D eigenvalue weighted by Gasteiger charge is -2.25. The standard InChI is InChI=1S/C12H22N2O2S/c15-12(7-10-1-5-17-6-2-10)14-9-11-8-13-3-4-16-11/h10-11,13H,1-9H2,(H,14,15). The van der Waals surface area contributed by atoms with Gasteiger partial charge < -0.3 is 15.4 Å². The van der Waals surface area contributed by atoms with E-state index < -0.39 is 0 Å². The van der Waals surface area contributed by atoms with E-state index in [-0.39, 0.29) is 12.0 Å². The van der Waals surface area contributed by atoms with Crippen molar-refractivity contribution < 1.29 is 9.53 Å². The van der Waals surface area contributed by atoms with Gasteiger partial charge in [-0.25, -0.2) is 0 Å². The molecule has 0 aliphatic carbocycles. The van der Waals surface area contributed by atoms with Gasteiger partial charge in [0.2, 0.25) is 5.91 Å². The molecule has 5 heteroatoms. The topological polar surface area (TPSA) is 50.4 Å². The Morgan fingerprint density at radius 1 is 1.41 bits per heavy atom. The monoisotopic (exact) mass is 258 g/mol. The van der Waals surface area contributed by atoms with Crippen molar-refractivity contribution in [2.45, 2.75) is 25.4 Å². The molecule has 0 spiro atoms. The molecule has 0 radical (unpaired) electrons. The number of carbonyl (C=O) groups is 1. The minimum atomic E-state index is 0.148. The molecular formula is C12H22N2O2S. The maximum absolute atomic E-state index is 11.8. The summed E-state index contributed by atoms with van der Waals surface area (Å²) in [7, 11) is 0. The average molecular weight is 258 g/mol. The summed E-state index contributed by atoms with van der Waals surface area (Å²) in [6.45, 7) is 3.16. The summed E-state index contributed by atoms with van der Waals surface area (Å²) >= 11 is 2.00. The van der Waals surface area contributed by atoms with E-state index in [4.69, 9.17) is 4.74 Å². The van der Waals surface area contributed by atoms with E-state index in [1.54, 1.807) is 0 Å². The first kappa shape index (κ1) is 13.2. The van der Waals surface area contributed by atoms with Crippen LogP contribution in [0.1, 0.15) is 19.3 Å². The predicted octanol–water partition coefficient (Wildman–Crippen LogP) is 0.624. The number of carbonyl (C=O) groups excluding carboxylic acids is 1. The average Bonchev–Trinajstić information content (AvgIpc) is 2.39. The highest BCUT2D eigenvalue weighted by Crippen LogP contribution is 2.24. The smallest absolute Gasteiger partial charge is 0.220 e. The number of hydrogen-bond acceptors (Lipinski definition) is 4. The normalized spacial score (nSPS) is 26.7. The maximum Gasteiger partial charge on any atom is 0.220 e. The second kappa shape index (κ2) is 7.24. The Labute approximate surface area is 107 Å². The van der Waals surface area contributed by atoms with Crippen molar-refractivity contribution in [1.82, 2.24) is 10.6 Å². The largest absolute Gasteiger partial charge is 0.374 e. The Morgan fingerprint density at radius 2 is 2.24 bits per heavy atom. The molecule has 1 unspecified atom stereocenters.